The topological polar surface area (TPSA) is 25.8 Å². The highest BCUT2D eigenvalue weighted by atomic mass is 35.5. The van der Waals surface area contributed by atoms with Crippen LogP contribution in [0.1, 0.15) is 5.56 Å². The summed E-state index contributed by atoms with van der Waals surface area (Å²) < 4.78 is 0. The summed E-state index contributed by atoms with van der Waals surface area (Å²) in [6.45, 7) is 1.94. The highest BCUT2D eigenvalue weighted by Gasteiger charge is 2.11. The first-order valence-corrected chi connectivity index (χ1v) is 7.08. The van der Waals surface area contributed by atoms with E-state index in [0.29, 0.717) is 26.5 Å². The van der Waals surface area contributed by atoms with Gasteiger partial charge in [0.05, 0.1) is 10.5 Å². The molecule has 0 saturated carbocycles. The number of aryl methyl sites for hydroxylation is 1. The fraction of sp³-hybridized carbons (Fsp3) is 0.0667. The van der Waals surface area contributed by atoms with Gasteiger partial charge in [-0.25, -0.2) is 9.97 Å². The summed E-state index contributed by atoms with van der Waals surface area (Å²) in [5.74, 6) is 0.512. The number of benzene rings is 2. The molecule has 3 rings (SSSR count). The van der Waals surface area contributed by atoms with E-state index >= 15 is 0 Å². The van der Waals surface area contributed by atoms with Gasteiger partial charge < -0.3 is 0 Å². The van der Waals surface area contributed by atoms with E-state index in [1.54, 1.807) is 6.07 Å². The minimum absolute atomic E-state index is 0.379. The normalized spacial score (nSPS) is 11.0. The van der Waals surface area contributed by atoms with Crippen molar-refractivity contribution < 1.29 is 0 Å². The van der Waals surface area contributed by atoms with Gasteiger partial charge in [0, 0.05) is 16.0 Å². The maximum absolute atomic E-state index is 6.21. The zero-order valence-corrected chi connectivity index (χ0v) is 12.8. The fourth-order valence-corrected chi connectivity index (χ4v) is 2.57. The third-order valence-electron chi connectivity index (χ3n) is 3.06. The maximum atomic E-state index is 6.21. The molecular formula is C15H9Cl3N2. The monoisotopic (exact) mass is 322 g/mol. The molecule has 1 heterocycles. The van der Waals surface area contributed by atoms with Crippen molar-refractivity contribution in [2.75, 3.05) is 0 Å². The lowest BCUT2D eigenvalue weighted by molar-refractivity contribution is 1.22. The molecule has 0 saturated heterocycles. The second-order valence-corrected chi connectivity index (χ2v) is 5.61. The first kappa shape index (κ1) is 13.6. The highest BCUT2D eigenvalue weighted by molar-refractivity contribution is 6.38. The first-order chi connectivity index (χ1) is 9.56. The zero-order chi connectivity index (χ0) is 14.3. The van der Waals surface area contributed by atoms with Crippen LogP contribution in [0.25, 0.3) is 22.3 Å². The van der Waals surface area contributed by atoms with Crippen molar-refractivity contribution in [1.82, 2.24) is 9.97 Å². The average molecular weight is 324 g/mol. The van der Waals surface area contributed by atoms with E-state index in [2.05, 4.69) is 9.97 Å². The molecule has 3 aromatic rings. The molecule has 0 atom stereocenters. The number of para-hydroxylation sites is 1. The number of rotatable bonds is 1. The van der Waals surface area contributed by atoms with Gasteiger partial charge in [0.2, 0.25) is 0 Å². The zero-order valence-electron chi connectivity index (χ0n) is 10.5. The minimum atomic E-state index is 0.379. The molecule has 0 bridgehead atoms. The summed E-state index contributed by atoms with van der Waals surface area (Å²) in [6, 6.07) is 11.1. The molecular weight excluding hydrogens is 315 g/mol. The Morgan fingerprint density at radius 3 is 2.45 bits per heavy atom. The Morgan fingerprint density at radius 2 is 1.70 bits per heavy atom. The van der Waals surface area contributed by atoms with Gasteiger partial charge in [-0.1, -0.05) is 53.0 Å². The number of nitrogens with zero attached hydrogens (tertiary/aromatic N) is 2. The molecule has 2 aromatic carbocycles. The van der Waals surface area contributed by atoms with E-state index < -0.39 is 0 Å². The molecule has 0 aliphatic rings. The molecule has 0 spiro atoms. The largest absolute Gasteiger partial charge is 0.226 e. The van der Waals surface area contributed by atoms with E-state index in [0.717, 1.165) is 16.5 Å². The standard InChI is InChI=1S/C15H9Cl3N2/c1-8-5-6-9(7-12(8)17)15-19-13-10(14(18)20-15)3-2-4-11(13)16/h2-7H,1H3. The molecule has 20 heavy (non-hydrogen) atoms. The lowest BCUT2D eigenvalue weighted by Crippen LogP contribution is -1.93. The van der Waals surface area contributed by atoms with Crippen LogP contribution in [0.4, 0.5) is 0 Å². The molecule has 0 aliphatic carbocycles. The van der Waals surface area contributed by atoms with Gasteiger partial charge in [0.1, 0.15) is 5.15 Å². The average Bonchev–Trinajstić information content (AvgIpc) is 2.43. The van der Waals surface area contributed by atoms with Gasteiger partial charge in [-0.05, 0) is 30.7 Å². The fourth-order valence-electron chi connectivity index (χ4n) is 1.94. The predicted molar refractivity (Wildman–Crippen MR) is 84.7 cm³/mol. The summed E-state index contributed by atoms with van der Waals surface area (Å²) in [5.41, 5.74) is 2.45. The van der Waals surface area contributed by atoms with Crippen LogP contribution >= 0.6 is 34.8 Å². The third-order valence-corrected chi connectivity index (χ3v) is 4.06. The van der Waals surface area contributed by atoms with Crippen LogP contribution in [0.5, 0.6) is 0 Å². The van der Waals surface area contributed by atoms with Crippen molar-refractivity contribution in [2.45, 2.75) is 6.92 Å². The molecule has 0 N–H and O–H groups in total. The van der Waals surface area contributed by atoms with Crippen LogP contribution < -0.4 is 0 Å². The number of hydrogen-bond donors (Lipinski definition) is 0. The summed E-state index contributed by atoms with van der Waals surface area (Å²) in [4.78, 5) is 8.81. The Bertz CT molecular complexity index is 816. The van der Waals surface area contributed by atoms with Crippen LogP contribution in [0.3, 0.4) is 0 Å². The summed E-state index contributed by atoms with van der Waals surface area (Å²) in [6.07, 6.45) is 0. The maximum Gasteiger partial charge on any atom is 0.161 e. The Hall–Kier alpha value is -1.35. The molecule has 0 fully saturated rings. The van der Waals surface area contributed by atoms with Crippen molar-refractivity contribution in [2.24, 2.45) is 0 Å². The third kappa shape index (κ3) is 2.35. The van der Waals surface area contributed by atoms with Crippen LogP contribution in [0, 0.1) is 6.92 Å². The van der Waals surface area contributed by atoms with Crippen LogP contribution in [-0.2, 0) is 0 Å². The second kappa shape index (κ2) is 5.21. The molecule has 0 unspecified atom stereocenters. The van der Waals surface area contributed by atoms with E-state index in [1.165, 1.54) is 0 Å². The van der Waals surface area contributed by atoms with Gasteiger partial charge >= 0.3 is 0 Å². The van der Waals surface area contributed by atoms with Crippen LogP contribution in [0.15, 0.2) is 36.4 Å². The Kier molecular flexibility index (Phi) is 3.55. The summed E-state index contributed by atoms with van der Waals surface area (Å²) in [7, 11) is 0. The molecule has 1 aromatic heterocycles. The van der Waals surface area contributed by atoms with Gasteiger partial charge in [0.15, 0.2) is 5.82 Å². The summed E-state index contributed by atoms with van der Waals surface area (Å²) in [5, 5.41) is 2.33. The number of fused-ring (bicyclic) bond motifs is 1. The quantitative estimate of drug-likeness (QED) is 0.547. The molecule has 0 aliphatic heterocycles. The van der Waals surface area contributed by atoms with Gasteiger partial charge in [-0.2, -0.15) is 0 Å². The smallest absolute Gasteiger partial charge is 0.161 e. The van der Waals surface area contributed by atoms with Crippen LogP contribution in [-0.4, -0.2) is 9.97 Å². The minimum Gasteiger partial charge on any atom is -0.226 e. The Morgan fingerprint density at radius 1 is 0.900 bits per heavy atom. The van der Waals surface area contributed by atoms with E-state index in [9.17, 15) is 0 Å². The van der Waals surface area contributed by atoms with Crippen molar-refractivity contribution >= 4 is 45.7 Å². The van der Waals surface area contributed by atoms with Crippen molar-refractivity contribution in [3.8, 4) is 11.4 Å². The molecule has 0 amide bonds. The SMILES string of the molecule is Cc1ccc(-c2nc(Cl)c3cccc(Cl)c3n2)cc1Cl. The second-order valence-electron chi connectivity index (χ2n) is 4.44. The Balaban J connectivity index is 2.26. The van der Waals surface area contributed by atoms with E-state index in [-0.39, 0.29) is 0 Å². The first-order valence-electron chi connectivity index (χ1n) is 5.94. The number of halogens is 3. The molecule has 100 valence electrons. The Labute approximate surface area is 131 Å². The summed E-state index contributed by atoms with van der Waals surface area (Å²) >= 11 is 18.5. The molecule has 5 heteroatoms. The van der Waals surface area contributed by atoms with E-state index in [4.69, 9.17) is 34.8 Å². The van der Waals surface area contributed by atoms with Crippen molar-refractivity contribution in [3.05, 3.63) is 57.2 Å². The van der Waals surface area contributed by atoms with Gasteiger partial charge in [0.25, 0.3) is 0 Å². The van der Waals surface area contributed by atoms with Gasteiger partial charge in [-0.15, -0.1) is 0 Å². The molecule has 0 radical (unpaired) electrons. The van der Waals surface area contributed by atoms with Crippen LogP contribution in [0.2, 0.25) is 15.2 Å². The van der Waals surface area contributed by atoms with Crippen molar-refractivity contribution in [3.63, 3.8) is 0 Å². The van der Waals surface area contributed by atoms with Crippen molar-refractivity contribution in [1.29, 1.82) is 0 Å². The number of hydrogen-bond acceptors (Lipinski definition) is 2. The highest BCUT2D eigenvalue weighted by Crippen LogP contribution is 2.30. The predicted octanol–water partition coefficient (Wildman–Crippen LogP) is 5.57. The van der Waals surface area contributed by atoms with E-state index in [1.807, 2.05) is 37.3 Å². The number of aromatic nitrogens is 2. The lowest BCUT2D eigenvalue weighted by atomic mass is 10.1. The van der Waals surface area contributed by atoms with Gasteiger partial charge in [-0.3, -0.25) is 0 Å². The lowest BCUT2D eigenvalue weighted by Gasteiger charge is -2.07. The molecule has 2 nitrogen and oxygen atoms in total.